The number of aliphatic hydroxyl groups excluding tert-OH is 1. The molecule has 1 N–H and O–H groups in total. The summed E-state index contributed by atoms with van der Waals surface area (Å²) >= 11 is 0. The van der Waals surface area contributed by atoms with Crippen LogP contribution >= 0.6 is 0 Å². The minimum atomic E-state index is -0.568. The highest BCUT2D eigenvalue weighted by Gasteiger charge is 2.44. The minimum absolute atomic E-state index is 0.0954. The number of hydrogen-bond acceptors (Lipinski definition) is 6. The lowest BCUT2D eigenvalue weighted by Crippen LogP contribution is -2.42. The summed E-state index contributed by atoms with van der Waals surface area (Å²) in [5.74, 6) is 1.41. The number of fused-ring (bicyclic) bond motifs is 1. The van der Waals surface area contributed by atoms with E-state index in [1.807, 2.05) is 47.4 Å². The van der Waals surface area contributed by atoms with Crippen LogP contribution in [0.4, 0.5) is 0 Å². The Kier molecular flexibility index (Phi) is 5.38. The van der Waals surface area contributed by atoms with Crippen LogP contribution < -0.4 is 4.74 Å². The Morgan fingerprint density at radius 2 is 1.77 bits per heavy atom. The predicted molar refractivity (Wildman–Crippen MR) is 113 cm³/mol. The SMILES string of the molecule is O=C(Cc1ccccn1)N1C[C@H]2C[C@@H](Oc3ccccc3-n3cnnc3)[C@H](O)C[C@H]2C1. The zero-order valence-corrected chi connectivity index (χ0v) is 17.1. The largest absolute Gasteiger partial charge is 0.486 e. The topological polar surface area (TPSA) is 93.4 Å². The number of likely N-dealkylation sites (tertiary alicyclic amines) is 1. The van der Waals surface area contributed by atoms with E-state index in [2.05, 4.69) is 15.2 Å². The molecule has 0 radical (unpaired) electrons. The van der Waals surface area contributed by atoms with E-state index >= 15 is 0 Å². The average molecular weight is 419 g/mol. The number of hydrogen-bond donors (Lipinski definition) is 1. The Hall–Kier alpha value is -3.26. The van der Waals surface area contributed by atoms with Crippen LogP contribution in [0.25, 0.3) is 5.69 Å². The van der Waals surface area contributed by atoms with Crippen molar-refractivity contribution < 1.29 is 14.6 Å². The molecule has 5 rings (SSSR count). The molecule has 1 aliphatic heterocycles. The molecule has 1 aromatic carbocycles. The lowest BCUT2D eigenvalue weighted by atomic mass is 9.78. The zero-order valence-electron chi connectivity index (χ0n) is 17.1. The second-order valence-electron chi connectivity index (χ2n) is 8.35. The smallest absolute Gasteiger partial charge is 0.228 e. The minimum Gasteiger partial charge on any atom is -0.486 e. The molecule has 8 heteroatoms. The maximum absolute atomic E-state index is 12.8. The molecule has 0 bridgehead atoms. The molecule has 1 saturated carbocycles. The van der Waals surface area contributed by atoms with Crippen LogP contribution in [0.5, 0.6) is 5.75 Å². The van der Waals surface area contributed by atoms with Gasteiger partial charge < -0.3 is 14.7 Å². The van der Waals surface area contributed by atoms with Gasteiger partial charge in [-0.05, 0) is 48.9 Å². The van der Waals surface area contributed by atoms with Crippen molar-refractivity contribution in [1.29, 1.82) is 0 Å². The molecule has 8 nitrogen and oxygen atoms in total. The van der Waals surface area contributed by atoms with E-state index in [9.17, 15) is 9.90 Å². The van der Waals surface area contributed by atoms with E-state index in [0.717, 1.165) is 17.8 Å². The molecular formula is C23H25N5O3. The molecule has 160 valence electrons. The van der Waals surface area contributed by atoms with Crippen LogP contribution in [0, 0.1) is 11.8 Å². The van der Waals surface area contributed by atoms with Crippen LogP contribution in [0.2, 0.25) is 0 Å². The van der Waals surface area contributed by atoms with Crippen molar-refractivity contribution in [2.45, 2.75) is 31.5 Å². The van der Waals surface area contributed by atoms with E-state index in [4.69, 9.17) is 4.74 Å². The third kappa shape index (κ3) is 4.16. The molecule has 1 saturated heterocycles. The van der Waals surface area contributed by atoms with E-state index in [1.165, 1.54) is 0 Å². The summed E-state index contributed by atoms with van der Waals surface area (Å²) in [6, 6.07) is 13.3. The van der Waals surface area contributed by atoms with Crippen LogP contribution in [0.1, 0.15) is 18.5 Å². The molecule has 2 aliphatic rings. The molecule has 3 heterocycles. The van der Waals surface area contributed by atoms with Crippen molar-refractivity contribution >= 4 is 5.91 Å². The van der Waals surface area contributed by atoms with Crippen molar-refractivity contribution in [2.24, 2.45) is 11.8 Å². The van der Waals surface area contributed by atoms with Crippen LogP contribution in [-0.4, -0.2) is 61.0 Å². The van der Waals surface area contributed by atoms with Gasteiger partial charge in [-0.3, -0.25) is 14.3 Å². The normalized spacial score (nSPS) is 25.3. The highest BCUT2D eigenvalue weighted by Crippen LogP contribution is 2.39. The van der Waals surface area contributed by atoms with Gasteiger partial charge in [-0.15, -0.1) is 10.2 Å². The van der Waals surface area contributed by atoms with Crippen molar-refractivity contribution in [2.75, 3.05) is 13.1 Å². The third-order valence-corrected chi connectivity index (χ3v) is 6.34. The number of pyridine rings is 1. The standard InChI is InChI=1S/C23H25N5O3/c29-20-9-16-12-27(23(30)11-18-5-3-4-8-24-18)13-17(16)10-22(20)31-21-7-2-1-6-19(21)28-14-25-26-15-28/h1-8,14-17,20,22,29H,9-13H2/t16-,17+,20+,22+/m0/s1. The van der Waals surface area contributed by atoms with Crippen molar-refractivity contribution in [3.05, 3.63) is 67.0 Å². The number of aliphatic hydroxyl groups is 1. The molecule has 2 fully saturated rings. The second-order valence-corrected chi connectivity index (χ2v) is 8.35. The number of rotatable bonds is 5. The van der Waals surface area contributed by atoms with Gasteiger partial charge >= 0.3 is 0 Å². The summed E-state index contributed by atoms with van der Waals surface area (Å²) in [6.45, 7) is 1.40. The first kappa shape index (κ1) is 19.7. The van der Waals surface area contributed by atoms with Gasteiger partial charge in [0.15, 0.2) is 0 Å². The maximum Gasteiger partial charge on any atom is 0.228 e. The number of nitrogens with zero attached hydrogens (tertiary/aromatic N) is 5. The number of carbonyl (C=O) groups is 1. The highest BCUT2D eigenvalue weighted by atomic mass is 16.5. The van der Waals surface area contributed by atoms with Crippen molar-refractivity contribution in [3.63, 3.8) is 0 Å². The highest BCUT2D eigenvalue weighted by molar-refractivity contribution is 5.78. The van der Waals surface area contributed by atoms with Gasteiger partial charge in [-0.2, -0.15) is 0 Å². The van der Waals surface area contributed by atoms with E-state index in [1.54, 1.807) is 23.4 Å². The van der Waals surface area contributed by atoms with E-state index < -0.39 is 6.10 Å². The lowest BCUT2D eigenvalue weighted by molar-refractivity contribution is -0.129. The summed E-state index contributed by atoms with van der Waals surface area (Å²) in [6.07, 6.45) is 5.74. The fraction of sp³-hybridized carbons (Fsp3) is 0.391. The zero-order chi connectivity index (χ0) is 21.2. The fourth-order valence-electron chi connectivity index (χ4n) is 4.75. The van der Waals surface area contributed by atoms with Gasteiger partial charge in [0.05, 0.1) is 18.2 Å². The first-order chi connectivity index (χ1) is 15.2. The van der Waals surface area contributed by atoms with Crippen LogP contribution in [-0.2, 0) is 11.2 Å². The molecule has 0 spiro atoms. The van der Waals surface area contributed by atoms with E-state index in [-0.39, 0.29) is 12.0 Å². The van der Waals surface area contributed by atoms with Gasteiger partial charge in [0.2, 0.25) is 5.91 Å². The lowest BCUT2D eigenvalue weighted by Gasteiger charge is -2.35. The average Bonchev–Trinajstić information content (AvgIpc) is 3.45. The first-order valence-electron chi connectivity index (χ1n) is 10.6. The number of para-hydroxylation sites is 2. The van der Waals surface area contributed by atoms with Gasteiger partial charge in [0, 0.05) is 25.0 Å². The maximum atomic E-state index is 12.8. The van der Waals surface area contributed by atoms with Crippen LogP contribution in [0.3, 0.4) is 0 Å². The predicted octanol–water partition coefficient (Wildman–Crippen LogP) is 1.88. The quantitative estimate of drug-likeness (QED) is 0.679. The molecule has 0 unspecified atom stereocenters. The monoisotopic (exact) mass is 419 g/mol. The molecule has 31 heavy (non-hydrogen) atoms. The Bertz CT molecular complexity index is 1030. The summed E-state index contributed by atoms with van der Waals surface area (Å²) in [5, 5.41) is 18.5. The van der Waals surface area contributed by atoms with Gasteiger partial charge in [-0.25, -0.2) is 0 Å². The third-order valence-electron chi connectivity index (χ3n) is 6.34. The summed E-state index contributed by atoms with van der Waals surface area (Å²) in [4.78, 5) is 18.9. The van der Waals surface area contributed by atoms with Crippen molar-refractivity contribution in [3.8, 4) is 11.4 Å². The Morgan fingerprint density at radius 3 is 2.55 bits per heavy atom. The Balaban J connectivity index is 1.25. The fourth-order valence-corrected chi connectivity index (χ4v) is 4.75. The molecule has 1 aliphatic carbocycles. The summed E-state index contributed by atoms with van der Waals surface area (Å²) in [7, 11) is 0. The molecule has 3 aromatic rings. The van der Waals surface area contributed by atoms with Crippen molar-refractivity contribution in [1.82, 2.24) is 24.6 Å². The number of amides is 1. The van der Waals surface area contributed by atoms with Crippen LogP contribution in [0.15, 0.2) is 61.3 Å². The first-order valence-corrected chi connectivity index (χ1v) is 10.6. The number of carbonyl (C=O) groups excluding carboxylic acids is 1. The van der Waals surface area contributed by atoms with Gasteiger partial charge in [0.25, 0.3) is 0 Å². The summed E-state index contributed by atoms with van der Waals surface area (Å²) < 4.78 is 8.07. The molecule has 1 amide bonds. The molecular weight excluding hydrogens is 394 g/mol. The Morgan fingerprint density at radius 1 is 1.03 bits per heavy atom. The number of aromatic nitrogens is 4. The number of benzene rings is 1. The molecule has 4 atom stereocenters. The second kappa shape index (κ2) is 8.47. The molecule has 2 aromatic heterocycles. The Labute approximate surface area is 180 Å². The van der Waals surface area contributed by atoms with E-state index in [0.29, 0.717) is 43.5 Å². The number of ether oxygens (including phenoxy) is 1. The van der Waals surface area contributed by atoms with Gasteiger partial charge in [0.1, 0.15) is 24.5 Å². The van der Waals surface area contributed by atoms with Gasteiger partial charge in [-0.1, -0.05) is 18.2 Å². The summed E-state index contributed by atoms with van der Waals surface area (Å²) in [5.41, 5.74) is 1.62.